The highest BCUT2D eigenvalue weighted by atomic mass is 35.5. The minimum Gasteiger partial charge on any atom is -0.480 e. The predicted octanol–water partition coefficient (Wildman–Crippen LogP) is 1.76. The molecule has 3 rings (SSSR count). The molecule has 0 fully saturated rings. The Bertz CT molecular complexity index is 1210. The summed E-state index contributed by atoms with van der Waals surface area (Å²) in [6.07, 6.45) is 5.84. The van der Waals surface area contributed by atoms with Crippen molar-refractivity contribution in [3.8, 4) is 0 Å². The molecule has 0 aliphatic rings. The van der Waals surface area contributed by atoms with E-state index in [9.17, 15) is 18.3 Å². The van der Waals surface area contributed by atoms with Gasteiger partial charge in [0.1, 0.15) is 6.54 Å². The van der Waals surface area contributed by atoms with Crippen LogP contribution < -0.4 is 10.2 Å². The Morgan fingerprint density at radius 2 is 1.97 bits per heavy atom. The SMILES string of the molecule is N=C(N)N(Cl)c1cncc2cc(S(=O)(=O)N(CC(=O)O)Cc3cccnc3)ccc12. The third-order valence-electron chi connectivity index (χ3n) is 4.16. The zero-order chi connectivity index (χ0) is 21.9. The van der Waals surface area contributed by atoms with Gasteiger partial charge in [0.25, 0.3) is 0 Å². The number of benzene rings is 1. The lowest BCUT2D eigenvalue weighted by atomic mass is 10.1. The molecule has 12 heteroatoms. The molecule has 0 aliphatic heterocycles. The number of carbonyl (C=O) groups is 1. The van der Waals surface area contributed by atoms with Crippen LogP contribution in [0.3, 0.4) is 0 Å². The fourth-order valence-electron chi connectivity index (χ4n) is 2.81. The van der Waals surface area contributed by atoms with Gasteiger partial charge in [0.05, 0.1) is 16.8 Å². The molecule has 0 unspecified atom stereocenters. The number of rotatable bonds is 7. The number of aliphatic carboxylic acids is 1. The molecule has 0 radical (unpaired) electrons. The first-order valence-electron chi connectivity index (χ1n) is 8.48. The number of sulfonamides is 1. The second kappa shape index (κ2) is 8.61. The minimum absolute atomic E-state index is 0.108. The Hall–Kier alpha value is -3.28. The Morgan fingerprint density at radius 3 is 2.60 bits per heavy atom. The van der Waals surface area contributed by atoms with Crippen molar-refractivity contribution in [2.24, 2.45) is 5.73 Å². The van der Waals surface area contributed by atoms with Crippen LogP contribution >= 0.6 is 11.8 Å². The molecular formula is C18H17ClN6O4S. The quantitative estimate of drug-likeness (QED) is 0.280. The molecule has 0 atom stereocenters. The number of guanidine groups is 1. The largest absolute Gasteiger partial charge is 0.480 e. The molecule has 156 valence electrons. The second-order valence-electron chi connectivity index (χ2n) is 6.24. The Kier molecular flexibility index (Phi) is 6.15. The van der Waals surface area contributed by atoms with E-state index in [2.05, 4.69) is 9.97 Å². The number of pyridine rings is 2. The number of carboxylic acid groups (broad SMARTS) is 1. The van der Waals surface area contributed by atoms with Crippen LogP contribution in [0, 0.1) is 5.41 Å². The third-order valence-corrected chi connectivity index (χ3v) is 6.32. The zero-order valence-electron chi connectivity index (χ0n) is 15.4. The normalized spacial score (nSPS) is 11.5. The fourth-order valence-corrected chi connectivity index (χ4v) is 4.35. The molecule has 0 saturated heterocycles. The molecule has 10 nitrogen and oxygen atoms in total. The van der Waals surface area contributed by atoms with Crippen molar-refractivity contribution in [2.75, 3.05) is 11.0 Å². The van der Waals surface area contributed by atoms with Crippen molar-refractivity contribution < 1.29 is 18.3 Å². The summed E-state index contributed by atoms with van der Waals surface area (Å²) in [4.78, 5) is 19.1. The predicted molar refractivity (Wildman–Crippen MR) is 111 cm³/mol. The Labute approximate surface area is 177 Å². The number of hydrogen-bond acceptors (Lipinski definition) is 6. The fraction of sp³-hybridized carbons (Fsp3) is 0.111. The molecule has 2 heterocycles. The van der Waals surface area contributed by atoms with Gasteiger partial charge in [-0.1, -0.05) is 12.1 Å². The smallest absolute Gasteiger partial charge is 0.318 e. The van der Waals surface area contributed by atoms with Gasteiger partial charge >= 0.3 is 5.97 Å². The van der Waals surface area contributed by atoms with Gasteiger partial charge in [0.15, 0.2) is 0 Å². The lowest BCUT2D eigenvalue weighted by Gasteiger charge is -2.21. The van der Waals surface area contributed by atoms with Crippen LogP contribution in [0.15, 0.2) is 60.0 Å². The first kappa shape index (κ1) is 21.4. The van der Waals surface area contributed by atoms with Crippen molar-refractivity contribution >= 4 is 50.2 Å². The van der Waals surface area contributed by atoms with Gasteiger partial charge in [-0.3, -0.25) is 20.2 Å². The summed E-state index contributed by atoms with van der Waals surface area (Å²) >= 11 is 5.99. The highest BCUT2D eigenvalue weighted by Crippen LogP contribution is 2.29. The highest BCUT2D eigenvalue weighted by molar-refractivity contribution is 7.89. The van der Waals surface area contributed by atoms with E-state index in [4.69, 9.17) is 22.9 Å². The molecule has 0 bridgehead atoms. The minimum atomic E-state index is -4.15. The van der Waals surface area contributed by atoms with Gasteiger partial charge in [-0.15, -0.1) is 0 Å². The number of nitrogens with two attached hydrogens (primary N) is 1. The van der Waals surface area contributed by atoms with E-state index in [0.717, 1.165) is 8.72 Å². The number of hydrogen-bond donors (Lipinski definition) is 3. The van der Waals surface area contributed by atoms with Crippen LogP contribution in [0.5, 0.6) is 0 Å². The summed E-state index contributed by atoms with van der Waals surface area (Å²) in [5.41, 5.74) is 6.26. The molecule has 2 aromatic heterocycles. The lowest BCUT2D eigenvalue weighted by Crippen LogP contribution is -2.35. The molecule has 3 aromatic rings. The Balaban J connectivity index is 2.04. The zero-order valence-corrected chi connectivity index (χ0v) is 17.0. The van der Waals surface area contributed by atoms with Gasteiger partial charge < -0.3 is 10.8 Å². The van der Waals surface area contributed by atoms with Crippen LogP contribution in [-0.4, -0.2) is 46.3 Å². The molecule has 0 saturated carbocycles. The maximum atomic E-state index is 13.2. The molecule has 0 amide bonds. The maximum absolute atomic E-state index is 13.2. The number of anilines is 1. The average molecular weight is 449 g/mol. The van der Waals surface area contributed by atoms with Crippen LogP contribution in [0.1, 0.15) is 5.56 Å². The molecule has 0 aliphatic carbocycles. The maximum Gasteiger partial charge on any atom is 0.318 e. The van der Waals surface area contributed by atoms with E-state index < -0.39 is 28.5 Å². The van der Waals surface area contributed by atoms with E-state index in [1.54, 1.807) is 12.1 Å². The van der Waals surface area contributed by atoms with Crippen molar-refractivity contribution in [3.05, 3.63) is 60.7 Å². The number of carboxylic acids is 1. The van der Waals surface area contributed by atoms with Gasteiger partial charge in [0, 0.05) is 47.7 Å². The van der Waals surface area contributed by atoms with E-state index in [1.165, 1.54) is 43.0 Å². The average Bonchev–Trinajstić information content (AvgIpc) is 2.72. The third kappa shape index (κ3) is 4.48. The van der Waals surface area contributed by atoms with E-state index in [-0.39, 0.29) is 11.4 Å². The van der Waals surface area contributed by atoms with Gasteiger partial charge in [-0.05, 0) is 23.8 Å². The summed E-state index contributed by atoms with van der Waals surface area (Å²) in [5.74, 6) is -1.71. The highest BCUT2D eigenvalue weighted by Gasteiger charge is 2.27. The monoisotopic (exact) mass is 448 g/mol. The second-order valence-corrected chi connectivity index (χ2v) is 8.51. The van der Waals surface area contributed by atoms with Gasteiger partial charge in [-0.25, -0.2) is 12.8 Å². The lowest BCUT2D eigenvalue weighted by molar-refractivity contribution is -0.137. The first-order chi connectivity index (χ1) is 14.2. The van der Waals surface area contributed by atoms with Crippen molar-refractivity contribution in [3.63, 3.8) is 0 Å². The standard InChI is InChI=1S/C18H17ClN6O4S/c19-25(18(20)21)16-9-23-8-13-6-14(3-4-15(13)16)30(28,29)24(11-17(26)27)10-12-2-1-5-22-7-12/h1-9H,10-11H2,(H3,20,21)(H,26,27). The molecule has 1 aromatic carbocycles. The topological polar surface area (TPSA) is 154 Å². The number of halogens is 1. The van der Waals surface area contributed by atoms with Crippen LogP contribution in [0.25, 0.3) is 10.8 Å². The van der Waals surface area contributed by atoms with Crippen LogP contribution in [0.2, 0.25) is 0 Å². The summed E-state index contributed by atoms with van der Waals surface area (Å²) in [6, 6.07) is 7.50. The molecule has 4 N–H and O–H groups in total. The molecule has 0 spiro atoms. The van der Waals surface area contributed by atoms with Gasteiger partial charge in [0.2, 0.25) is 16.0 Å². The van der Waals surface area contributed by atoms with Crippen LogP contribution in [0.4, 0.5) is 5.69 Å². The van der Waals surface area contributed by atoms with E-state index >= 15 is 0 Å². The van der Waals surface area contributed by atoms with Crippen LogP contribution in [-0.2, 0) is 21.4 Å². The summed E-state index contributed by atoms with van der Waals surface area (Å²) in [5, 5.41) is 17.6. The van der Waals surface area contributed by atoms with Crippen molar-refractivity contribution in [1.82, 2.24) is 14.3 Å². The van der Waals surface area contributed by atoms with Crippen molar-refractivity contribution in [1.29, 1.82) is 5.41 Å². The number of fused-ring (bicyclic) bond motifs is 1. The molecule has 30 heavy (non-hydrogen) atoms. The van der Waals surface area contributed by atoms with Crippen molar-refractivity contribution in [2.45, 2.75) is 11.4 Å². The summed E-state index contributed by atoms with van der Waals surface area (Å²) in [7, 11) is -4.15. The summed E-state index contributed by atoms with van der Waals surface area (Å²) in [6.45, 7) is -0.869. The summed E-state index contributed by atoms with van der Waals surface area (Å²) < 4.78 is 28.1. The number of aromatic nitrogens is 2. The first-order valence-corrected chi connectivity index (χ1v) is 10.3. The van der Waals surface area contributed by atoms with Gasteiger partial charge in [-0.2, -0.15) is 4.31 Å². The Morgan fingerprint density at radius 1 is 1.20 bits per heavy atom. The number of nitrogens with one attached hydrogen (secondary N) is 1. The van der Waals surface area contributed by atoms with E-state index in [0.29, 0.717) is 22.0 Å². The number of nitrogens with zero attached hydrogens (tertiary/aromatic N) is 4. The molecular weight excluding hydrogens is 432 g/mol. The van der Waals surface area contributed by atoms with E-state index in [1.807, 2.05) is 0 Å².